The summed E-state index contributed by atoms with van der Waals surface area (Å²) in [5.41, 5.74) is 6.70. The summed E-state index contributed by atoms with van der Waals surface area (Å²) in [6.07, 6.45) is 5.50. The maximum Gasteiger partial charge on any atom is 0.174 e. The van der Waals surface area contributed by atoms with Gasteiger partial charge in [-0.05, 0) is 79.7 Å². The van der Waals surface area contributed by atoms with Crippen LogP contribution in [0.25, 0.3) is 0 Å². The van der Waals surface area contributed by atoms with Crippen LogP contribution in [0.15, 0.2) is 79.3 Å². The van der Waals surface area contributed by atoms with Crippen LogP contribution in [0.2, 0.25) is 0 Å². The van der Waals surface area contributed by atoms with Gasteiger partial charge in [-0.25, -0.2) is 0 Å². The normalized spacial score (nSPS) is 17.6. The number of benzene rings is 1. The fourth-order valence-corrected chi connectivity index (χ4v) is 5.14. The van der Waals surface area contributed by atoms with E-state index in [1.54, 1.807) is 7.11 Å². The molecule has 2 atom stereocenters. The van der Waals surface area contributed by atoms with Crippen molar-refractivity contribution in [1.82, 2.24) is 19.9 Å². The van der Waals surface area contributed by atoms with Gasteiger partial charge in [0.25, 0.3) is 0 Å². The van der Waals surface area contributed by atoms with Crippen LogP contribution in [0, 0.1) is 13.8 Å². The topological polar surface area (TPSA) is 55.2 Å². The first-order valence-electron chi connectivity index (χ1n) is 11.3. The Balaban J connectivity index is 1.64. The Kier molecular flexibility index (Phi) is 6.02. The van der Waals surface area contributed by atoms with Crippen molar-refractivity contribution in [3.8, 4) is 5.75 Å². The van der Waals surface area contributed by atoms with Crippen LogP contribution >= 0.6 is 12.2 Å². The predicted octanol–water partition coefficient (Wildman–Crippen LogP) is 5.13. The lowest BCUT2D eigenvalue weighted by molar-refractivity contribution is 0.414. The molecule has 5 rings (SSSR count). The quantitative estimate of drug-likeness (QED) is 0.395. The average Bonchev–Trinajstić information content (AvgIpc) is 3.36. The molecule has 1 aromatic carbocycles. The highest BCUT2D eigenvalue weighted by molar-refractivity contribution is 7.80. The van der Waals surface area contributed by atoms with Crippen LogP contribution in [0.1, 0.15) is 40.3 Å². The van der Waals surface area contributed by atoms with Crippen LogP contribution in [0.3, 0.4) is 0 Å². The summed E-state index contributed by atoms with van der Waals surface area (Å²) in [4.78, 5) is 11.0. The molecule has 1 aliphatic heterocycles. The molecule has 0 radical (unpaired) electrons. The van der Waals surface area contributed by atoms with Gasteiger partial charge in [0.05, 0.1) is 30.6 Å². The summed E-state index contributed by atoms with van der Waals surface area (Å²) in [6, 6.07) is 20.2. The molecule has 172 valence electrons. The number of aromatic nitrogens is 3. The third-order valence-corrected chi connectivity index (χ3v) is 6.78. The number of para-hydroxylation sites is 2. The summed E-state index contributed by atoms with van der Waals surface area (Å²) in [5.74, 6) is 0.781. The molecular weight excluding hydrogens is 442 g/mol. The molecule has 0 amide bonds. The first-order valence-corrected chi connectivity index (χ1v) is 11.7. The van der Waals surface area contributed by atoms with Crippen LogP contribution in [-0.2, 0) is 6.54 Å². The third-order valence-electron chi connectivity index (χ3n) is 6.46. The average molecular weight is 470 g/mol. The lowest BCUT2D eigenvalue weighted by Gasteiger charge is -2.29. The van der Waals surface area contributed by atoms with Crippen LogP contribution in [0.4, 0.5) is 5.69 Å². The van der Waals surface area contributed by atoms with E-state index in [1.165, 1.54) is 22.5 Å². The van der Waals surface area contributed by atoms with E-state index in [0.717, 1.165) is 23.7 Å². The van der Waals surface area contributed by atoms with E-state index in [-0.39, 0.29) is 12.1 Å². The number of hydrogen-bond donors (Lipinski definition) is 1. The molecule has 0 saturated carbocycles. The predicted molar refractivity (Wildman–Crippen MR) is 138 cm³/mol. The SMILES string of the molecule is COc1ccccc1N1C(=S)N[C@@H](c2ccccn2)[C@H]1c1cc(C)n(Cc2ccncc2)c1C. The molecule has 3 aromatic heterocycles. The summed E-state index contributed by atoms with van der Waals surface area (Å²) in [6.45, 7) is 5.12. The van der Waals surface area contributed by atoms with Gasteiger partial charge in [0.2, 0.25) is 0 Å². The fraction of sp³-hybridized carbons (Fsp3) is 0.222. The van der Waals surface area contributed by atoms with Crippen LogP contribution in [0.5, 0.6) is 5.75 Å². The van der Waals surface area contributed by atoms with Crippen molar-refractivity contribution < 1.29 is 4.74 Å². The number of anilines is 1. The van der Waals surface area contributed by atoms with Crippen molar-refractivity contribution in [2.45, 2.75) is 32.5 Å². The summed E-state index contributed by atoms with van der Waals surface area (Å²) >= 11 is 5.89. The van der Waals surface area contributed by atoms with Gasteiger partial charge in [0.15, 0.2) is 5.11 Å². The Hall–Kier alpha value is -3.71. The van der Waals surface area contributed by atoms with Crippen molar-refractivity contribution in [3.05, 3.63) is 107 Å². The van der Waals surface area contributed by atoms with Gasteiger partial charge >= 0.3 is 0 Å². The van der Waals surface area contributed by atoms with Crippen LogP contribution in [-0.4, -0.2) is 26.8 Å². The van der Waals surface area contributed by atoms with Gasteiger partial charge in [-0.2, -0.15) is 0 Å². The minimum atomic E-state index is -0.103. The number of hydrogen-bond acceptors (Lipinski definition) is 4. The summed E-state index contributed by atoms with van der Waals surface area (Å²) in [5, 5.41) is 4.20. The first kappa shape index (κ1) is 22.1. The van der Waals surface area contributed by atoms with Gasteiger partial charge in [-0.3, -0.25) is 9.97 Å². The van der Waals surface area contributed by atoms with E-state index >= 15 is 0 Å². The number of nitrogens with zero attached hydrogens (tertiary/aromatic N) is 4. The molecule has 1 aliphatic rings. The zero-order valence-electron chi connectivity index (χ0n) is 19.5. The Morgan fingerprint density at radius 2 is 1.76 bits per heavy atom. The standard InChI is InChI=1S/C27H27N5OS/c1-18-16-21(19(2)31(18)17-20-11-14-28-15-12-20)26-25(22-8-6-7-13-29-22)30-27(34)32(26)23-9-4-5-10-24(23)33-3/h4-16,25-26H,17H2,1-3H3,(H,30,34)/t25-,26+/m0/s1. The second-order valence-corrected chi connectivity index (χ2v) is 8.82. The highest BCUT2D eigenvalue weighted by Crippen LogP contribution is 2.45. The number of rotatable bonds is 6. The molecule has 34 heavy (non-hydrogen) atoms. The van der Waals surface area contributed by atoms with Crippen molar-refractivity contribution in [2.24, 2.45) is 0 Å². The minimum Gasteiger partial charge on any atom is -0.495 e. The van der Waals surface area contributed by atoms with E-state index in [0.29, 0.717) is 5.11 Å². The molecule has 4 aromatic rings. The number of nitrogens with one attached hydrogen (secondary N) is 1. The lowest BCUT2D eigenvalue weighted by atomic mass is 9.96. The molecule has 7 heteroatoms. The minimum absolute atomic E-state index is 0.0870. The number of thiocarbonyl (C=S) groups is 1. The Morgan fingerprint density at radius 3 is 2.50 bits per heavy atom. The van der Waals surface area contributed by atoms with E-state index in [2.05, 4.69) is 68.9 Å². The molecule has 0 unspecified atom stereocenters. The van der Waals surface area contributed by atoms with Gasteiger partial charge < -0.3 is 19.5 Å². The van der Waals surface area contributed by atoms with Gasteiger partial charge in [0.1, 0.15) is 5.75 Å². The first-order chi connectivity index (χ1) is 16.6. The summed E-state index contributed by atoms with van der Waals surface area (Å²) < 4.78 is 8.06. The molecule has 0 spiro atoms. The number of methoxy groups -OCH3 is 1. The zero-order chi connectivity index (χ0) is 23.7. The summed E-state index contributed by atoms with van der Waals surface area (Å²) in [7, 11) is 1.69. The second kappa shape index (κ2) is 9.27. The van der Waals surface area contributed by atoms with E-state index < -0.39 is 0 Å². The van der Waals surface area contributed by atoms with Gasteiger partial charge in [-0.1, -0.05) is 18.2 Å². The molecule has 0 bridgehead atoms. The lowest BCUT2D eigenvalue weighted by Crippen LogP contribution is -2.30. The van der Waals surface area contributed by atoms with Crippen molar-refractivity contribution in [1.29, 1.82) is 0 Å². The molecule has 1 saturated heterocycles. The molecule has 1 fully saturated rings. The van der Waals surface area contributed by atoms with E-state index in [9.17, 15) is 0 Å². The number of pyridine rings is 2. The second-order valence-electron chi connectivity index (χ2n) is 8.44. The maximum absolute atomic E-state index is 5.89. The highest BCUT2D eigenvalue weighted by Gasteiger charge is 2.43. The van der Waals surface area contributed by atoms with Crippen molar-refractivity contribution in [3.63, 3.8) is 0 Å². The van der Waals surface area contributed by atoms with Crippen molar-refractivity contribution in [2.75, 3.05) is 12.0 Å². The number of aryl methyl sites for hydroxylation is 1. The highest BCUT2D eigenvalue weighted by atomic mass is 32.1. The van der Waals surface area contributed by atoms with Crippen LogP contribution < -0.4 is 15.0 Å². The molecular formula is C27H27N5OS. The third kappa shape index (κ3) is 3.92. The zero-order valence-corrected chi connectivity index (χ0v) is 20.3. The molecule has 6 nitrogen and oxygen atoms in total. The van der Waals surface area contributed by atoms with Crippen molar-refractivity contribution >= 4 is 23.0 Å². The maximum atomic E-state index is 5.89. The van der Waals surface area contributed by atoms with E-state index in [4.69, 9.17) is 17.0 Å². The molecule has 4 heterocycles. The Bertz CT molecular complexity index is 1310. The Labute approximate surface area is 205 Å². The van der Waals surface area contributed by atoms with Gasteiger partial charge in [-0.15, -0.1) is 0 Å². The monoisotopic (exact) mass is 469 g/mol. The smallest absolute Gasteiger partial charge is 0.174 e. The molecule has 0 aliphatic carbocycles. The van der Waals surface area contributed by atoms with Gasteiger partial charge in [0, 0.05) is 36.5 Å². The Morgan fingerprint density at radius 1 is 1.00 bits per heavy atom. The number of ether oxygens (including phenoxy) is 1. The fourth-order valence-electron chi connectivity index (χ4n) is 4.80. The van der Waals surface area contributed by atoms with E-state index in [1.807, 2.05) is 48.9 Å². The molecule has 1 N–H and O–H groups in total. The largest absolute Gasteiger partial charge is 0.495 e.